The standard InChI is InChI=1S/C11H9ClO2/c12-9-3-1-2-8(6-9)11-7-10(13)4-5-14-11/h1-6,11H,7H2. The van der Waals surface area contributed by atoms with E-state index in [-0.39, 0.29) is 11.9 Å². The molecule has 72 valence electrons. The van der Waals surface area contributed by atoms with Crippen molar-refractivity contribution in [1.29, 1.82) is 0 Å². The van der Waals surface area contributed by atoms with Crippen molar-refractivity contribution in [2.24, 2.45) is 0 Å². The lowest BCUT2D eigenvalue weighted by Gasteiger charge is -2.18. The molecular weight excluding hydrogens is 200 g/mol. The van der Waals surface area contributed by atoms with Gasteiger partial charge in [-0.1, -0.05) is 23.7 Å². The van der Waals surface area contributed by atoms with E-state index in [2.05, 4.69) is 0 Å². The fraction of sp³-hybridized carbons (Fsp3) is 0.182. The van der Waals surface area contributed by atoms with Crippen molar-refractivity contribution >= 4 is 17.4 Å². The summed E-state index contributed by atoms with van der Waals surface area (Å²) in [6, 6.07) is 7.37. The van der Waals surface area contributed by atoms with Gasteiger partial charge in [0.2, 0.25) is 0 Å². The van der Waals surface area contributed by atoms with Gasteiger partial charge in [-0.3, -0.25) is 4.79 Å². The lowest BCUT2D eigenvalue weighted by Crippen LogP contribution is -2.11. The molecule has 2 nitrogen and oxygen atoms in total. The topological polar surface area (TPSA) is 26.3 Å². The number of ether oxygens (including phenoxy) is 1. The van der Waals surface area contributed by atoms with E-state index in [0.29, 0.717) is 11.4 Å². The number of hydrogen-bond donors (Lipinski definition) is 0. The molecule has 0 amide bonds. The Morgan fingerprint density at radius 3 is 3.00 bits per heavy atom. The molecule has 0 saturated heterocycles. The normalized spacial score (nSPS) is 20.6. The fourth-order valence-electron chi connectivity index (χ4n) is 1.41. The van der Waals surface area contributed by atoms with Crippen molar-refractivity contribution in [2.45, 2.75) is 12.5 Å². The third-order valence-corrected chi connectivity index (χ3v) is 2.34. The number of carbonyl (C=O) groups is 1. The highest BCUT2D eigenvalue weighted by Crippen LogP contribution is 2.26. The summed E-state index contributed by atoms with van der Waals surface area (Å²) in [6.45, 7) is 0. The lowest BCUT2D eigenvalue weighted by atomic mass is 10.0. The van der Waals surface area contributed by atoms with Crippen LogP contribution in [0.25, 0.3) is 0 Å². The summed E-state index contributed by atoms with van der Waals surface area (Å²) in [6.07, 6.45) is 3.08. The summed E-state index contributed by atoms with van der Waals surface area (Å²) in [5, 5.41) is 0.660. The van der Waals surface area contributed by atoms with Crippen molar-refractivity contribution in [3.05, 3.63) is 47.2 Å². The minimum absolute atomic E-state index is 0.0845. The second-order valence-corrected chi connectivity index (χ2v) is 3.59. The predicted octanol–water partition coefficient (Wildman–Crippen LogP) is 2.88. The molecule has 1 aliphatic heterocycles. The average Bonchev–Trinajstić information content (AvgIpc) is 2.18. The minimum Gasteiger partial charge on any atom is -0.493 e. The van der Waals surface area contributed by atoms with Gasteiger partial charge in [-0.15, -0.1) is 0 Å². The monoisotopic (exact) mass is 208 g/mol. The van der Waals surface area contributed by atoms with E-state index in [1.165, 1.54) is 12.3 Å². The molecule has 0 N–H and O–H groups in total. The Morgan fingerprint density at radius 1 is 1.43 bits per heavy atom. The van der Waals surface area contributed by atoms with E-state index in [4.69, 9.17) is 16.3 Å². The van der Waals surface area contributed by atoms with Crippen LogP contribution in [-0.2, 0) is 9.53 Å². The zero-order valence-electron chi connectivity index (χ0n) is 7.44. The van der Waals surface area contributed by atoms with Crippen LogP contribution in [0, 0.1) is 0 Å². The first-order valence-corrected chi connectivity index (χ1v) is 4.74. The van der Waals surface area contributed by atoms with Crippen molar-refractivity contribution in [1.82, 2.24) is 0 Å². The number of rotatable bonds is 1. The van der Waals surface area contributed by atoms with Crippen LogP contribution in [0.4, 0.5) is 0 Å². The highest BCUT2D eigenvalue weighted by molar-refractivity contribution is 6.30. The van der Waals surface area contributed by atoms with Gasteiger partial charge in [-0.05, 0) is 17.7 Å². The molecule has 0 bridgehead atoms. The first kappa shape index (κ1) is 9.28. The predicted molar refractivity (Wildman–Crippen MR) is 54.0 cm³/mol. The fourth-order valence-corrected chi connectivity index (χ4v) is 1.61. The van der Waals surface area contributed by atoms with Gasteiger partial charge < -0.3 is 4.74 Å². The molecule has 1 heterocycles. The molecule has 1 aromatic carbocycles. The van der Waals surface area contributed by atoms with Crippen molar-refractivity contribution in [2.75, 3.05) is 0 Å². The van der Waals surface area contributed by atoms with E-state index >= 15 is 0 Å². The third kappa shape index (κ3) is 1.96. The van der Waals surface area contributed by atoms with Gasteiger partial charge in [-0.2, -0.15) is 0 Å². The maximum absolute atomic E-state index is 11.1. The average molecular weight is 209 g/mol. The maximum atomic E-state index is 11.1. The molecule has 0 fully saturated rings. The number of ketones is 1. The zero-order chi connectivity index (χ0) is 9.97. The second kappa shape index (κ2) is 3.84. The van der Waals surface area contributed by atoms with Crippen LogP contribution >= 0.6 is 11.6 Å². The van der Waals surface area contributed by atoms with Crippen molar-refractivity contribution in [3.8, 4) is 0 Å². The van der Waals surface area contributed by atoms with Crippen LogP contribution in [-0.4, -0.2) is 5.78 Å². The summed E-state index contributed by atoms with van der Waals surface area (Å²) in [7, 11) is 0. The van der Waals surface area contributed by atoms with Gasteiger partial charge in [0.05, 0.1) is 12.7 Å². The molecule has 0 radical (unpaired) electrons. The lowest BCUT2D eigenvalue weighted by molar-refractivity contribution is -0.118. The van der Waals surface area contributed by atoms with Gasteiger partial charge in [0.15, 0.2) is 5.78 Å². The van der Waals surface area contributed by atoms with E-state index in [1.807, 2.05) is 18.2 Å². The largest absolute Gasteiger partial charge is 0.493 e. The quantitative estimate of drug-likeness (QED) is 0.710. The molecule has 1 aromatic rings. The van der Waals surface area contributed by atoms with Gasteiger partial charge in [0, 0.05) is 11.1 Å². The van der Waals surface area contributed by atoms with E-state index < -0.39 is 0 Å². The number of benzene rings is 1. The van der Waals surface area contributed by atoms with Crippen molar-refractivity contribution < 1.29 is 9.53 Å². The zero-order valence-corrected chi connectivity index (χ0v) is 8.20. The Balaban J connectivity index is 2.23. The smallest absolute Gasteiger partial charge is 0.162 e. The first-order chi connectivity index (χ1) is 6.75. The molecule has 1 atom stereocenters. The van der Waals surface area contributed by atoms with Crippen LogP contribution < -0.4 is 0 Å². The molecule has 3 heteroatoms. The number of allylic oxidation sites excluding steroid dienone is 1. The van der Waals surface area contributed by atoms with E-state index in [9.17, 15) is 4.79 Å². The molecule has 0 saturated carbocycles. The number of hydrogen-bond acceptors (Lipinski definition) is 2. The number of carbonyl (C=O) groups excluding carboxylic acids is 1. The van der Waals surface area contributed by atoms with Crippen LogP contribution in [0.5, 0.6) is 0 Å². The summed E-state index contributed by atoms with van der Waals surface area (Å²) in [4.78, 5) is 11.1. The molecule has 0 aliphatic carbocycles. The molecule has 14 heavy (non-hydrogen) atoms. The Hall–Kier alpha value is -1.28. The highest BCUT2D eigenvalue weighted by Gasteiger charge is 2.18. The molecule has 1 aliphatic rings. The van der Waals surface area contributed by atoms with Crippen molar-refractivity contribution in [3.63, 3.8) is 0 Å². The van der Waals surface area contributed by atoms with E-state index in [0.717, 1.165) is 5.56 Å². The van der Waals surface area contributed by atoms with Gasteiger partial charge in [0.1, 0.15) is 6.10 Å². The molecule has 2 rings (SSSR count). The van der Waals surface area contributed by atoms with Crippen LogP contribution in [0.15, 0.2) is 36.6 Å². The van der Waals surface area contributed by atoms with E-state index in [1.54, 1.807) is 6.07 Å². The summed E-state index contributed by atoms with van der Waals surface area (Å²) in [5.74, 6) is 0.0845. The molecule has 1 unspecified atom stereocenters. The first-order valence-electron chi connectivity index (χ1n) is 4.36. The third-order valence-electron chi connectivity index (χ3n) is 2.10. The Labute approximate surface area is 87.1 Å². The summed E-state index contributed by atoms with van der Waals surface area (Å²) < 4.78 is 5.33. The van der Waals surface area contributed by atoms with Gasteiger partial charge in [-0.25, -0.2) is 0 Å². The van der Waals surface area contributed by atoms with Crippen LogP contribution in [0.2, 0.25) is 5.02 Å². The Bertz CT molecular complexity index is 385. The van der Waals surface area contributed by atoms with Gasteiger partial charge in [0.25, 0.3) is 0 Å². The molecule has 0 aromatic heterocycles. The summed E-state index contributed by atoms with van der Waals surface area (Å²) >= 11 is 5.84. The molecule has 0 spiro atoms. The SMILES string of the molecule is O=C1C=COC(c2cccc(Cl)c2)C1. The Kier molecular flexibility index (Phi) is 2.55. The minimum atomic E-state index is -0.189. The second-order valence-electron chi connectivity index (χ2n) is 3.15. The Morgan fingerprint density at radius 2 is 2.29 bits per heavy atom. The molecular formula is C11H9ClO2. The van der Waals surface area contributed by atoms with Crippen LogP contribution in [0.3, 0.4) is 0 Å². The number of halogens is 1. The summed E-state index contributed by atoms with van der Waals surface area (Å²) in [5.41, 5.74) is 0.940. The highest BCUT2D eigenvalue weighted by atomic mass is 35.5. The maximum Gasteiger partial charge on any atom is 0.162 e. The van der Waals surface area contributed by atoms with Crippen LogP contribution in [0.1, 0.15) is 18.1 Å². The van der Waals surface area contributed by atoms with Gasteiger partial charge >= 0.3 is 0 Å².